The SMILES string of the molecule is COCc1cc(=O)n(Cc2ncc(C)c(OC)c2C)c(N2CCCC2)n1. The van der Waals surface area contributed by atoms with Gasteiger partial charge in [-0.1, -0.05) is 0 Å². The third-order valence-corrected chi connectivity index (χ3v) is 4.78. The molecule has 140 valence electrons. The summed E-state index contributed by atoms with van der Waals surface area (Å²) < 4.78 is 12.4. The molecule has 1 aliphatic rings. The molecule has 0 amide bonds. The van der Waals surface area contributed by atoms with Gasteiger partial charge in [-0.25, -0.2) is 4.98 Å². The van der Waals surface area contributed by atoms with Crippen molar-refractivity contribution in [3.8, 4) is 5.75 Å². The molecule has 7 heteroatoms. The van der Waals surface area contributed by atoms with Crippen LogP contribution in [-0.2, 0) is 17.9 Å². The van der Waals surface area contributed by atoms with E-state index in [0.717, 1.165) is 48.5 Å². The maximum atomic E-state index is 12.8. The van der Waals surface area contributed by atoms with E-state index in [1.54, 1.807) is 31.0 Å². The van der Waals surface area contributed by atoms with Crippen LogP contribution < -0.4 is 15.2 Å². The van der Waals surface area contributed by atoms with E-state index >= 15 is 0 Å². The molecule has 0 saturated carbocycles. The molecule has 3 heterocycles. The van der Waals surface area contributed by atoms with E-state index in [1.165, 1.54) is 0 Å². The Balaban J connectivity index is 2.05. The summed E-state index contributed by atoms with van der Waals surface area (Å²) in [5, 5.41) is 0. The minimum Gasteiger partial charge on any atom is -0.496 e. The summed E-state index contributed by atoms with van der Waals surface area (Å²) in [7, 11) is 3.26. The summed E-state index contributed by atoms with van der Waals surface area (Å²) >= 11 is 0. The summed E-state index contributed by atoms with van der Waals surface area (Å²) in [6.45, 7) is 6.45. The molecular formula is C19H26N4O3. The minimum absolute atomic E-state index is 0.0882. The second-order valence-electron chi connectivity index (χ2n) is 6.65. The van der Waals surface area contributed by atoms with Crippen molar-refractivity contribution in [2.45, 2.75) is 39.8 Å². The molecule has 0 bridgehead atoms. The Bertz CT molecular complexity index is 841. The molecule has 1 aliphatic heterocycles. The number of aromatic nitrogens is 3. The highest BCUT2D eigenvalue weighted by Gasteiger charge is 2.21. The fourth-order valence-electron chi connectivity index (χ4n) is 3.45. The van der Waals surface area contributed by atoms with Crippen molar-refractivity contribution in [2.24, 2.45) is 0 Å². The first-order chi connectivity index (χ1) is 12.5. The Labute approximate surface area is 153 Å². The maximum Gasteiger partial charge on any atom is 0.255 e. The van der Waals surface area contributed by atoms with Gasteiger partial charge in [-0.15, -0.1) is 0 Å². The fourth-order valence-corrected chi connectivity index (χ4v) is 3.45. The van der Waals surface area contributed by atoms with Gasteiger partial charge in [0.05, 0.1) is 31.6 Å². The predicted molar refractivity (Wildman–Crippen MR) is 100 cm³/mol. The number of rotatable bonds is 6. The molecule has 0 N–H and O–H groups in total. The highest BCUT2D eigenvalue weighted by molar-refractivity contribution is 5.42. The lowest BCUT2D eigenvalue weighted by Gasteiger charge is -2.22. The first kappa shape index (κ1) is 18.4. The molecule has 3 rings (SSSR count). The van der Waals surface area contributed by atoms with Gasteiger partial charge < -0.3 is 14.4 Å². The average molecular weight is 358 g/mol. The van der Waals surface area contributed by atoms with Gasteiger partial charge in [0.25, 0.3) is 5.56 Å². The molecule has 0 atom stereocenters. The second-order valence-corrected chi connectivity index (χ2v) is 6.65. The van der Waals surface area contributed by atoms with E-state index in [-0.39, 0.29) is 5.56 Å². The van der Waals surface area contributed by atoms with E-state index in [0.29, 0.717) is 24.8 Å². The van der Waals surface area contributed by atoms with Crippen molar-refractivity contribution in [3.05, 3.63) is 45.1 Å². The quantitative estimate of drug-likeness (QED) is 0.787. The van der Waals surface area contributed by atoms with Crippen LogP contribution in [0.15, 0.2) is 17.1 Å². The monoisotopic (exact) mass is 358 g/mol. The van der Waals surface area contributed by atoms with Crippen LogP contribution in [-0.4, -0.2) is 41.8 Å². The van der Waals surface area contributed by atoms with E-state index in [2.05, 4.69) is 9.88 Å². The molecule has 7 nitrogen and oxygen atoms in total. The van der Waals surface area contributed by atoms with Crippen LogP contribution in [0, 0.1) is 13.8 Å². The number of nitrogens with zero attached hydrogens (tertiary/aromatic N) is 4. The van der Waals surface area contributed by atoms with Crippen molar-refractivity contribution in [1.82, 2.24) is 14.5 Å². The number of hydrogen-bond donors (Lipinski definition) is 0. The van der Waals surface area contributed by atoms with Crippen LogP contribution in [0.2, 0.25) is 0 Å². The lowest BCUT2D eigenvalue weighted by atomic mass is 10.1. The van der Waals surface area contributed by atoms with E-state index in [1.807, 2.05) is 13.8 Å². The Hall–Kier alpha value is -2.41. The molecule has 0 aliphatic carbocycles. The number of methoxy groups -OCH3 is 2. The summed E-state index contributed by atoms with van der Waals surface area (Å²) in [6.07, 6.45) is 4.01. The predicted octanol–water partition coefficient (Wildman–Crippen LogP) is 2.06. The van der Waals surface area contributed by atoms with Gasteiger partial charge in [0.15, 0.2) is 0 Å². The summed E-state index contributed by atoms with van der Waals surface area (Å²) in [4.78, 5) is 24.2. The fraction of sp³-hybridized carbons (Fsp3) is 0.526. The number of pyridine rings is 1. The van der Waals surface area contributed by atoms with E-state index in [4.69, 9.17) is 14.5 Å². The van der Waals surface area contributed by atoms with Gasteiger partial charge >= 0.3 is 0 Å². The Morgan fingerprint density at radius 1 is 1.19 bits per heavy atom. The molecule has 2 aromatic heterocycles. The van der Waals surface area contributed by atoms with Gasteiger partial charge in [0, 0.05) is 43.6 Å². The highest BCUT2D eigenvalue weighted by Crippen LogP contribution is 2.25. The number of anilines is 1. The molecule has 0 aromatic carbocycles. The van der Waals surface area contributed by atoms with Gasteiger partial charge in [0.2, 0.25) is 5.95 Å². The van der Waals surface area contributed by atoms with Crippen molar-refractivity contribution < 1.29 is 9.47 Å². The lowest BCUT2D eigenvalue weighted by Crippen LogP contribution is -2.32. The molecule has 0 unspecified atom stereocenters. The van der Waals surface area contributed by atoms with Gasteiger partial charge in [-0.05, 0) is 26.7 Å². The zero-order valence-electron chi connectivity index (χ0n) is 15.9. The summed E-state index contributed by atoms with van der Waals surface area (Å²) in [5.41, 5.74) is 3.31. The number of aryl methyl sites for hydroxylation is 1. The molecule has 0 radical (unpaired) electrons. The first-order valence-corrected chi connectivity index (χ1v) is 8.89. The van der Waals surface area contributed by atoms with Crippen LogP contribution >= 0.6 is 0 Å². The van der Waals surface area contributed by atoms with Crippen LogP contribution in [0.25, 0.3) is 0 Å². The topological polar surface area (TPSA) is 69.5 Å². The van der Waals surface area contributed by atoms with Gasteiger partial charge in [-0.3, -0.25) is 14.3 Å². The van der Waals surface area contributed by atoms with Gasteiger partial charge in [-0.2, -0.15) is 0 Å². The van der Waals surface area contributed by atoms with Crippen molar-refractivity contribution >= 4 is 5.95 Å². The zero-order valence-corrected chi connectivity index (χ0v) is 15.9. The van der Waals surface area contributed by atoms with E-state index in [9.17, 15) is 4.79 Å². The molecule has 0 spiro atoms. The third kappa shape index (κ3) is 3.58. The van der Waals surface area contributed by atoms with Crippen LogP contribution in [0.1, 0.15) is 35.4 Å². The number of ether oxygens (including phenoxy) is 2. The van der Waals surface area contributed by atoms with Crippen LogP contribution in [0.4, 0.5) is 5.95 Å². The van der Waals surface area contributed by atoms with Crippen LogP contribution in [0.3, 0.4) is 0 Å². The Morgan fingerprint density at radius 2 is 1.92 bits per heavy atom. The summed E-state index contributed by atoms with van der Waals surface area (Å²) in [5.74, 6) is 1.51. The molecule has 1 fully saturated rings. The third-order valence-electron chi connectivity index (χ3n) is 4.78. The molecule has 1 saturated heterocycles. The average Bonchev–Trinajstić information content (AvgIpc) is 3.14. The standard InChI is InChI=1S/C19H26N4O3/c1-13-10-20-16(14(2)18(13)26-4)11-23-17(24)9-15(12-25-3)21-19(23)22-7-5-6-8-22/h9-10H,5-8,11-12H2,1-4H3. The largest absolute Gasteiger partial charge is 0.496 e. The zero-order chi connectivity index (χ0) is 18.7. The smallest absolute Gasteiger partial charge is 0.255 e. The molecular weight excluding hydrogens is 332 g/mol. The normalized spacial score (nSPS) is 14.1. The van der Waals surface area contributed by atoms with Crippen molar-refractivity contribution in [2.75, 3.05) is 32.2 Å². The maximum absolute atomic E-state index is 12.8. The Kier molecular flexibility index (Phi) is 5.56. The van der Waals surface area contributed by atoms with E-state index < -0.39 is 0 Å². The van der Waals surface area contributed by atoms with Crippen LogP contribution in [0.5, 0.6) is 5.75 Å². The van der Waals surface area contributed by atoms with Crippen molar-refractivity contribution in [1.29, 1.82) is 0 Å². The Morgan fingerprint density at radius 3 is 2.58 bits per heavy atom. The lowest BCUT2D eigenvalue weighted by molar-refractivity contribution is 0.181. The number of hydrogen-bond acceptors (Lipinski definition) is 6. The second kappa shape index (κ2) is 7.86. The molecule has 2 aromatic rings. The minimum atomic E-state index is -0.0882. The van der Waals surface area contributed by atoms with Gasteiger partial charge in [0.1, 0.15) is 5.75 Å². The highest BCUT2D eigenvalue weighted by atomic mass is 16.5. The molecule has 26 heavy (non-hydrogen) atoms. The summed E-state index contributed by atoms with van der Waals surface area (Å²) in [6, 6.07) is 1.55. The first-order valence-electron chi connectivity index (χ1n) is 8.89. The van der Waals surface area contributed by atoms with Crippen molar-refractivity contribution in [3.63, 3.8) is 0 Å².